The van der Waals surface area contributed by atoms with E-state index in [0.29, 0.717) is 15.6 Å². The van der Waals surface area contributed by atoms with Gasteiger partial charge in [0, 0.05) is 17.7 Å². The number of fused-ring (bicyclic) bond motifs is 1. The maximum Gasteiger partial charge on any atom is 0.339 e. The van der Waals surface area contributed by atoms with Crippen LogP contribution in [0.25, 0.3) is 10.8 Å². The Bertz CT molecular complexity index is 1570. The van der Waals surface area contributed by atoms with Gasteiger partial charge in [0.2, 0.25) is 0 Å². The summed E-state index contributed by atoms with van der Waals surface area (Å²) in [5.41, 5.74) is 3.25. The van der Waals surface area contributed by atoms with Crippen LogP contribution in [-0.4, -0.2) is 25.5 Å². The summed E-state index contributed by atoms with van der Waals surface area (Å²) in [6, 6.07) is 21.9. The van der Waals surface area contributed by atoms with Crippen molar-refractivity contribution in [1.29, 1.82) is 0 Å². The zero-order valence-electron chi connectivity index (χ0n) is 17.8. The van der Waals surface area contributed by atoms with Crippen LogP contribution in [0.5, 0.6) is 5.75 Å². The number of hydrogen-bond donors (Lipinski definition) is 1. The number of non-ortho nitro benzene ring substituents is 1. The van der Waals surface area contributed by atoms with Gasteiger partial charge < -0.3 is 4.18 Å². The normalized spacial score (nSPS) is 11.5. The molecule has 4 rings (SSSR count). The number of benzene rings is 4. The van der Waals surface area contributed by atoms with Gasteiger partial charge >= 0.3 is 10.1 Å². The van der Waals surface area contributed by atoms with Gasteiger partial charge in [-0.3, -0.25) is 14.9 Å². The fourth-order valence-electron chi connectivity index (χ4n) is 3.13. The van der Waals surface area contributed by atoms with Crippen LogP contribution in [-0.2, 0) is 10.1 Å². The van der Waals surface area contributed by atoms with Gasteiger partial charge in [-0.25, -0.2) is 5.43 Å². The third-order valence-corrected chi connectivity index (χ3v) is 6.75. The predicted molar refractivity (Wildman–Crippen MR) is 134 cm³/mol. The van der Waals surface area contributed by atoms with Crippen LogP contribution >= 0.6 is 15.9 Å². The zero-order chi connectivity index (χ0) is 25.0. The van der Waals surface area contributed by atoms with Crippen molar-refractivity contribution in [3.8, 4) is 5.75 Å². The molecule has 0 aliphatic carbocycles. The average Bonchev–Trinajstić information content (AvgIpc) is 2.85. The second-order valence-electron chi connectivity index (χ2n) is 7.24. The fraction of sp³-hybridized carbons (Fsp3) is 0. The van der Waals surface area contributed by atoms with E-state index in [1.165, 1.54) is 12.3 Å². The molecule has 0 fully saturated rings. The first kappa shape index (κ1) is 24.0. The minimum Gasteiger partial charge on any atom is -0.378 e. The van der Waals surface area contributed by atoms with E-state index in [2.05, 4.69) is 26.5 Å². The van der Waals surface area contributed by atoms with Gasteiger partial charge in [-0.05, 0) is 74.7 Å². The smallest absolute Gasteiger partial charge is 0.339 e. The zero-order valence-corrected chi connectivity index (χ0v) is 20.2. The van der Waals surface area contributed by atoms with E-state index in [9.17, 15) is 23.3 Å². The molecule has 4 aromatic carbocycles. The number of rotatable bonds is 7. The van der Waals surface area contributed by atoms with Gasteiger partial charge in [0.05, 0.1) is 15.6 Å². The summed E-state index contributed by atoms with van der Waals surface area (Å²) in [4.78, 5) is 22.3. The molecule has 1 N–H and O–H groups in total. The topological polar surface area (TPSA) is 128 Å². The van der Waals surface area contributed by atoms with Crippen LogP contribution < -0.4 is 9.61 Å². The lowest BCUT2D eigenvalue weighted by Crippen LogP contribution is -2.17. The number of carbonyl (C=O) groups is 1. The highest BCUT2D eigenvalue weighted by molar-refractivity contribution is 9.10. The van der Waals surface area contributed by atoms with Crippen LogP contribution in [0.1, 0.15) is 15.9 Å². The van der Waals surface area contributed by atoms with E-state index in [1.54, 1.807) is 24.3 Å². The largest absolute Gasteiger partial charge is 0.378 e. The molecule has 176 valence electrons. The van der Waals surface area contributed by atoms with Gasteiger partial charge in [0.25, 0.3) is 11.6 Å². The molecule has 0 aromatic heterocycles. The molecular formula is C24H16BrN3O6S. The van der Waals surface area contributed by atoms with Crippen molar-refractivity contribution < 1.29 is 22.3 Å². The Labute approximate surface area is 208 Å². The average molecular weight is 554 g/mol. The minimum absolute atomic E-state index is 0.0145. The third-order valence-electron chi connectivity index (χ3n) is 4.88. The highest BCUT2D eigenvalue weighted by Gasteiger charge is 2.19. The fourth-order valence-corrected chi connectivity index (χ4v) is 4.66. The second kappa shape index (κ2) is 10.0. The van der Waals surface area contributed by atoms with E-state index >= 15 is 0 Å². The van der Waals surface area contributed by atoms with Crippen molar-refractivity contribution in [2.75, 3.05) is 0 Å². The molecule has 0 heterocycles. The molecule has 0 aliphatic rings. The maximum absolute atomic E-state index is 12.5. The number of hydrogen-bond acceptors (Lipinski definition) is 7. The van der Waals surface area contributed by atoms with Gasteiger partial charge in [0.15, 0.2) is 5.75 Å². The van der Waals surface area contributed by atoms with Crippen molar-refractivity contribution in [2.45, 2.75) is 4.90 Å². The molecular weight excluding hydrogens is 538 g/mol. The van der Waals surface area contributed by atoms with E-state index in [1.807, 2.05) is 30.3 Å². The molecule has 0 atom stereocenters. The molecule has 0 bridgehead atoms. The lowest BCUT2D eigenvalue weighted by Gasteiger charge is -2.09. The molecule has 35 heavy (non-hydrogen) atoms. The summed E-state index contributed by atoms with van der Waals surface area (Å²) in [6.45, 7) is 0. The van der Waals surface area contributed by atoms with Crippen molar-refractivity contribution in [1.82, 2.24) is 5.43 Å². The number of nitro benzene ring substituents is 1. The number of amides is 1. The Morgan fingerprint density at radius 2 is 1.69 bits per heavy atom. The maximum atomic E-state index is 12.5. The van der Waals surface area contributed by atoms with Crippen molar-refractivity contribution in [3.63, 3.8) is 0 Å². The summed E-state index contributed by atoms with van der Waals surface area (Å²) in [7, 11) is -4.21. The van der Waals surface area contributed by atoms with Crippen LogP contribution in [0, 0.1) is 10.1 Å². The number of carbonyl (C=O) groups excluding carboxylic acids is 1. The number of nitro groups is 1. The molecule has 1 amide bonds. The summed E-state index contributed by atoms with van der Waals surface area (Å²) in [5.74, 6) is -0.360. The molecule has 0 aliphatic heterocycles. The SMILES string of the molecule is O=C(N/N=C\c1ccc(OS(=O)(=O)c2ccc([N+](=O)[O-])cc2)c(Br)c1)c1ccc2ccccc2c1. The Morgan fingerprint density at radius 3 is 2.37 bits per heavy atom. The summed E-state index contributed by atoms with van der Waals surface area (Å²) in [5, 5.41) is 16.7. The quantitative estimate of drug-likeness (QED) is 0.148. The number of hydrazone groups is 1. The van der Waals surface area contributed by atoms with Crippen LogP contribution in [0.3, 0.4) is 0 Å². The summed E-state index contributed by atoms with van der Waals surface area (Å²) >= 11 is 3.26. The first-order chi connectivity index (χ1) is 16.7. The molecule has 0 radical (unpaired) electrons. The van der Waals surface area contributed by atoms with E-state index in [4.69, 9.17) is 4.18 Å². The molecule has 0 unspecified atom stereocenters. The Hall–Kier alpha value is -4.09. The van der Waals surface area contributed by atoms with Gasteiger partial charge in [-0.1, -0.05) is 30.3 Å². The van der Waals surface area contributed by atoms with Crippen molar-refractivity contribution in [2.24, 2.45) is 5.10 Å². The molecule has 11 heteroatoms. The van der Waals surface area contributed by atoms with E-state index < -0.39 is 15.0 Å². The standard InChI is InChI=1S/C24H16BrN3O6S/c25-22-13-16(15-26-27-24(29)19-7-6-17-3-1-2-4-18(17)14-19)5-12-23(22)34-35(32,33)21-10-8-20(9-11-21)28(30)31/h1-15H,(H,27,29)/b26-15-. The molecule has 4 aromatic rings. The van der Waals surface area contributed by atoms with E-state index in [-0.39, 0.29) is 22.2 Å². The molecule has 0 saturated heterocycles. The number of halogens is 1. The number of nitrogens with one attached hydrogen (secondary N) is 1. The lowest BCUT2D eigenvalue weighted by atomic mass is 10.1. The van der Waals surface area contributed by atoms with Gasteiger partial charge in [-0.15, -0.1) is 0 Å². The molecule has 9 nitrogen and oxygen atoms in total. The highest BCUT2D eigenvalue weighted by Crippen LogP contribution is 2.29. The minimum atomic E-state index is -4.21. The number of nitrogens with zero attached hydrogens (tertiary/aromatic N) is 2. The van der Waals surface area contributed by atoms with E-state index in [0.717, 1.165) is 35.0 Å². The van der Waals surface area contributed by atoms with Gasteiger partial charge in [0.1, 0.15) is 4.90 Å². The molecule has 0 saturated carbocycles. The Morgan fingerprint density at radius 1 is 0.971 bits per heavy atom. The third kappa shape index (κ3) is 5.70. The predicted octanol–water partition coefficient (Wildman–Crippen LogP) is 5.04. The summed E-state index contributed by atoms with van der Waals surface area (Å²) in [6.07, 6.45) is 1.40. The van der Waals surface area contributed by atoms with Gasteiger partial charge in [-0.2, -0.15) is 13.5 Å². The van der Waals surface area contributed by atoms with Crippen LogP contribution in [0.15, 0.2) is 99.4 Å². The first-order valence-electron chi connectivity index (χ1n) is 10.0. The van der Waals surface area contributed by atoms with Crippen molar-refractivity contribution >= 4 is 54.6 Å². The van der Waals surface area contributed by atoms with Crippen molar-refractivity contribution in [3.05, 3.63) is 111 Å². The first-order valence-corrected chi connectivity index (χ1v) is 12.2. The Kier molecular flexibility index (Phi) is 6.90. The second-order valence-corrected chi connectivity index (χ2v) is 9.64. The van der Waals surface area contributed by atoms with Crippen LogP contribution in [0.2, 0.25) is 0 Å². The summed E-state index contributed by atoms with van der Waals surface area (Å²) < 4.78 is 30.5. The molecule has 0 spiro atoms. The monoisotopic (exact) mass is 553 g/mol. The highest BCUT2D eigenvalue weighted by atomic mass is 79.9. The lowest BCUT2D eigenvalue weighted by molar-refractivity contribution is -0.384. The Balaban J connectivity index is 1.42. The van der Waals surface area contributed by atoms with Crippen LogP contribution in [0.4, 0.5) is 5.69 Å².